The predicted octanol–water partition coefficient (Wildman–Crippen LogP) is 3.62. The second-order valence-electron chi connectivity index (χ2n) is 4.82. The van der Waals surface area contributed by atoms with Crippen molar-refractivity contribution < 1.29 is 23.7 Å². The largest absolute Gasteiger partial charge is 0.496 e. The van der Waals surface area contributed by atoms with Crippen molar-refractivity contribution in [3.05, 3.63) is 53.6 Å². The van der Waals surface area contributed by atoms with Crippen molar-refractivity contribution in [3.63, 3.8) is 0 Å². The Hall–Kier alpha value is -2.95. The number of ketones is 1. The summed E-state index contributed by atoms with van der Waals surface area (Å²) in [6, 6.07) is 10.7. The molecule has 24 heavy (non-hydrogen) atoms. The summed E-state index contributed by atoms with van der Waals surface area (Å²) >= 11 is 0. The highest BCUT2D eigenvalue weighted by molar-refractivity contribution is 6.07. The lowest BCUT2D eigenvalue weighted by Gasteiger charge is -2.17. The van der Waals surface area contributed by atoms with Gasteiger partial charge in [0, 0.05) is 11.6 Å². The zero-order valence-electron chi connectivity index (χ0n) is 14.2. The Morgan fingerprint density at radius 2 is 1.46 bits per heavy atom. The molecule has 0 amide bonds. The van der Waals surface area contributed by atoms with E-state index in [4.69, 9.17) is 18.9 Å². The van der Waals surface area contributed by atoms with Crippen LogP contribution in [0.2, 0.25) is 0 Å². The van der Waals surface area contributed by atoms with E-state index in [1.165, 1.54) is 34.5 Å². The summed E-state index contributed by atoms with van der Waals surface area (Å²) in [5.74, 6) is 1.76. The number of benzene rings is 2. The Morgan fingerprint density at radius 3 is 2.00 bits per heavy atom. The van der Waals surface area contributed by atoms with Gasteiger partial charge in [-0.25, -0.2) is 0 Å². The van der Waals surface area contributed by atoms with Gasteiger partial charge in [0.1, 0.15) is 5.75 Å². The van der Waals surface area contributed by atoms with Gasteiger partial charge in [0.2, 0.25) is 5.75 Å². The van der Waals surface area contributed by atoms with Gasteiger partial charge >= 0.3 is 0 Å². The summed E-state index contributed by atoms with van der Waals surface area (Å²) in [5, 5.41) is 0. The molecule has 0 aromatic heterocycles. The third-order valence-electron chi connectivity index (χ3n) is 3.51. The van der Waals surface area contributed by atoms with Gasteiger partial charge in [-0.2, -0.15) is 0 Å². The zero-order chi connectivity index (χ0) is 17.5. The molecule has 5 nitrogen and oxygen atoms in total. The van der Waals surface area contributed by atoms with Crippen LogP contribution >= 0.6 is 0 Å². The molecule has 0 aliphatic heterocycles. The molecule has 0 atom stereocenters. The molecule has 0 bridgehead atoms. The topological polar surface area (TPSA) is 54.0 Å². The minimum absolute atomic E-state index is 0.116. The Labute approximate surface area is 141 Å². The van der Waals surface area contributed by atoms with Crippen LogP contribution in [-0.2, 0) is 0 Å². The number of ether oxygens (including phenoxy) is 4. The van der Waals surface area contributed by atoms with Crippen molar-refractivity contribution in [1.29, 1.82) is 0 Å². The fourth-order valence-electron chi connectivity index (χ4n) is 2.34. The summed E-state index contributed by atoms with van der Waals surface area (Å²) in [5.41, 5.74) is 1.20. The van der Waals surface area contributed by atoms with Gasteiger partial charge in [0.25, 0.3) is 0 Å². The number of rotatable bonds is 7. The quantitative estimate of drug-likeness (QED) is 0.574. The van der Waals surface area contributed by atoms with E-state index in [1.54, 1.807) is 24.3 Å². The van der Waals surface area contributed by atoms with Crippen LogP contribution < -0.4 is 18.9 Å². The van der Waals surface area contributed by atoms with Crippen LogP contribution in [0.4, 0.5) is 0 Å². The monoisotopic (exact) mass is 328 g/mol. The summed E-state index contributed by atoms with van der Waals surface area (Å²) in [6.45, 7) is 0. The van der Waals surface area contributed by atoms with E-state index in [9.17, 15) is 4.79 Å². The molecule has 0 fully saturated rings. The molecule has 2 aromatic rings. The highest BCUT2D eigenvalue weighted by atomic mass is 16.5. The molecular weight excluding hydrogens is 308 g/mol. The summed E-state index contributed by atoms with van der Waals surface area (Å²) in [4.78, 5) is 12.3. The fourth-order valence-corrected chi connectivity index (χ4v) is 2.34. The normalized spacial score (nSPS) is 10.5. The van der Waals surface area contributed by atoms with Crippen LogP contribution in [-0.4, -0.2) is 34.2 Å². The third-order valence-corrected chi connectivity index (χ3v) is 3.51. The molecular formula is C19H20O5. The zero-order valence-corrected chi connectivity index (χ0v) is 14.2. The van der Waals surface area contributed by atoms with Gasteiger partial charge in [-0.15, -0.1) is 0 Å². The molecule has 0 aliphatic rings. The second kappa shape index (κ2) is 8.06. The first kappa shape index (κ1) is 17.4. The molecule has 0 spiro atoms. The molecule has 0 aliphatic carbocycles. The minimum Gasteiger partial charge on any atom is -0.496 e. The molecule has 0 heterocycles. The lowest BCUT2D eigenvalue weighted by Crippen LogP contribution is -2.00. The van der Waals surface area contributed by atoms with Crippen molar-refractivity contribution in [1.82, 2.24) is 0 Å². The van der Waals surface area contributed by atoms with E-state index in [1.807, 2.05) is 18.2 Å². The molecule has 0 saturated carbocycles. The maximum atomic E-state index is 12.3. The van der Waals surface area contributed by atoms with Crippen LogP contribution in [0, 0.1) is 0 Å². The van der Waals surface area contributed by atoms with Crippen molar-refractivity contribution in [2.45, 2.75) is 0 Å². The van der Waals surface area contributed by atoms with Gasteiger partial charge in [0.15, 0.2) is 17.3 Å². The number of carbonyl (C=O) groups is 1. The van der Waals surface area contributed by atoms with Gasteiger partial charge in [0.05, 0.1) is 34.0 Å². The first-order valence-corrected chi connectivity index (χ1v) is 7.30. The van der Waals surface area contributed by atoms with Crippen molar-refractivity contribution >= 4 is 11.9 Å². The van der Waals surface area contributed by atoms with Crippen LogP contribution in [0.15, 0.2) is 42.5 Å². The van der Waals surface area contributed by atoms with Crippen molar-refractivity contribution in [2.24, 2.45) is 0 Å². The Balaban J connectivity index is 2.48. The third kappa shape index (κ3) is 3.51. The van der Waals surface area contributed by atoms with Crippen LogP contribution in [0.3, 0.4) is 0 Å². The van der Waals surface area contributed by atoms with E-state index in [0.29, 0.717) is 34.1 Å². The SMILES string of the molecule is COc1cc(OC)c(OC)c(OC)c1C=CC(=O)c1ccccc1. The van der Waals surface area contributed by atoms with Gasteiger partial charge < -0.3 is 18.9 Å². The minimum atomic E-state index is -0.116. The van der Waals surface area contributed by atoms with E-state index >= 15 is 0 Å². The average Bonchev–Trinajstić information content (AvgIpc) is 2.65. The number of hydrogen-bond acceptors (Lipinski definition) is 5. The van der Waals surface area contributed by atoms with E-state index < -0.39 is 0 Å². The Bertz CT molecular complexity index is 735. The number of carbonyl (C=O) groups excluding carboxylic acids is 1. The van der Waals surface area contributed by atoms with Gasteiger partial charge in [-0.1, -0.05) is 30.3 Å². The van der Waals surface area contributed by atoms with Crippen LogP contribution in [0.5, 0.6) is 23.0 Å². The molecule has 0 unspecified atom stereocenters. The predicted molar refractivity (Wildman–Crippen MR) is 92.5 cm³/mol. The molecule has 0 radical (unpaired) electrons. The van der Waals surface area contributed by atoms with Gasteiger partial charge in [-0.3, -0.25) is 4.79 Å². The standard InChI is InChI=1S/C19H20O5/c1-21-16-12-17(22-2)19(24-4)18(23-3)14(16)10-11-15(20)13-8-6-5-7-9-13/h5-12H,1-4H3. The maximum absolute atomic E-state index is 12.3. The number of allylic oxidation sites excluding steroid dienone is 1. The first-order chi connectivity index (χ1) is 11.7. The van der Waals surface area contributed by atoms with Crippen LogP contribution in [0.25, 0.3) is 6.08 Å². The van der Waals surface area contributed by atoms with E-state index in [0.717, 1.165) is 0 Å². The number of hydrogen-bond donors (Lipinski definition) is 0. The van der Waals surface area contributed by atoms with Crippen LogP contribution in [0.1, 0.15) is 15.9 Å². The smallest absolute Gasteiger partial charge is 0.204 e. The van der Waals surface area contributed by atoms with E-state index in [-0.39, 0.29) is 5.78 Å². The lowest BCUT2D eigenvalue weighted by atomic mass is 10.1. The first-order valence-electron chi connectivity index (χ1n) is 7.30. The highest BCUT2D eigenvalue weighted by Crippen LogP contribution is 2.45. The molecule has 2 rings (SSSR count). The van der Waals surface area contributed by atoms with E-state index in [2.05, 4.69) is 0 Å². The lowest BCUT2D eigenvalue weighted by molar-refractivity contribution is 0.104. The molecule has 126 valence electrons. The second-order valence-corrected chi connectivity index (χ2v) is 4.82. The highest BCUT2D eigenvalue weighted by Gasteiger charge is 2.20. The Kier molecular flexibility index (Phi) is 5.84. The van der Waals surface area contributed by atoms with Crippen molar-refractivity contribution in [2.75, 3.05) is 28.4 Å². The molecule has 0 N–H and O–H groups in total. The summed E-state index contributed by atoms with van der Waals surface area (Å²) in [6.07, 6.45) is 3.12. The number of methoxy groups -OCH3 is 4. The molecule has 2 aromatic carbocycles. The van der Waals surface area contributed by atoms with Crippen molar-refractivity contribution in [3.8, 4) is 23.0 Å². The summed E-state index contributed by atoms with van der Waals surface area (Å²) < 4.78 is 21.5. The Morgan fingerprint density at radius 1 is 0.833 bits per heavy atom. The molecule has 0 saturated heterocycles. The summed E-state index contributed by atoms with van der Waals surface area (Å²) in [7, 11) is 6.12. The van der Waals surface area contributed by atoms with Gasteiger partial charge in [-0.05, 0) is 12.2 Å². The average molecular weight is 328 g/mol. The molecule has 5 heteroatoms. The fraction of sp³-hybridized carbons (Fsp3) is 0.211. The maximum Gasteiger partial charge on any atom is 0.204 e.